The van der Waals surface area contributed by atoms with E-state index in [1.807, 2.05) is 24.3 Å². The van der Waals surface area contributed by atoms with Gasteiger partial charge in [-0.15, -0.1) is 0 Å². The lowest BCUT2D eigenvalue weighted by atomic mass is 10.2. The Hall–Kier alpha value is -2.68. The van der Waals surface area contributed by atoms with Crippen molar-refractivity contribution in [1.82, 2.24) is 14.7 Å². The minimum absolute atomic E-state index is 0.0597. The molecule has 0 atom stereocenters. The summed E-state index contributed by atoms with van der Waals surface area (Å²) in [5, 5.41) is 5.30. The number of hydrogen-bond donors (Lipinski definition) is 2. The summed E-state index contributed by atoms with van der Waals surface area (Å²) in [4.78, 5) is 15.2. The Morgan fingerprint density at radius 2 is 1.93 bits per heavy atom. The van der Waals surface area contributed by atoms with Crippen LogP contribution in [0.5, 0.6) is 0 Å². The van der Waals surface area contributed by atoms with Crippen molar-refractivity contribution < 1.29 is 13.2 Å². The molecule has 9 heteroatoms. The van der Waals surface area contributed by atoms with Gasteiger partial charge in [-0.05, 0) is 30.3 Å². The molecular formula is C18H17ClN4O3S. The maximum Gasteiger partial charge on any atom is 0.255 e. The van der Waals surface area contributed by atoms with Crippen LogP contribution < -0.4 is 5.43 Å². The number of hydrazone groups is 1. The zero-order valence-corrected chi connectivity index (χ0v) is 16.0. The fraction of sp³-hybridized carbons (Fsp3) is 0.111. The van der Waals surface area contributed by atoms with Crippen molar-refractivity contribution >= 4 is 44.6 Å². The van der Waals surface area contributed by atoms with Gasteiger partial charge in [-0.3, -0.25) is 4.79 Å². The maximum atomic E-state index is 12.4. The molecule has 0 aliphatic carbocycles. The number of nitrogens with one attached hydrogen (secondary N) is 2. The zero-order chi connectivity index (χ0) is 19.4. The van der Waals surface area contributed by atoms with Crippen LogP contribution in [0.4, 0.5) is 0 Å². The molecule has 140 valence electrons. The number of sulfonamides is 1. The number of carbonyl (C=O) groups is 1. The van der Waals surface area contributed by atoms with Gasteiger partial charge in [0.05, 0.1) is 17.7 Å². The van der Waals surface area contributed by atoms with Gasteiger partial charge in [0.15, 0.2) is 0 Å². The number of aromatic amines is 1. The number of benzene rings is 2. The largest absolute Gasteiger partial charge is 0.361 e. The van der Waals surface area contributed by atoms with Crippen LogP contribution in [0.3, 0.4) is 0 Å². The highest BCUT2D eigenvalue weighted by Gasteiger charge is 2.22. The zero-order valence-electron chi connectivity index (χ0n) is 14.4. The second-order valence-corrected chi connectivity index (χ2v) is 8.28. The van der Waals surface area contributed by atoms with Crippen LogP contribution in [0.25, 0.3) is 10.9 Å². The van der Waals surface area contributed by atoms with Crippen molar-refractivity contribution in [3.63, 3.8) is 0 Å². The molecule has 0 spiro atoms. The van der Waals surface area contributed by atoms with Crippen molar-refractivity contribution in [1.29, 1.82) is 0 Å². The summed E-state index contributed by atoms with van der Waals surface area (Å²) in [7, 11) is -2.46. The molecule has 0 radical (unpaired) electrons. The molecule has 1 heterocycles. The van der Waals surface area contributed by atoms with Crippen molar-refractivity contribution in [2.24, 2.45) is 5.10 Å². The Kier molecular flexibility index (Phi) is 5.59. The molecule has 3 rings (SSSR count). The van der Waals surface area contributed by atoms with Crippen LogP contribution in [-0.2, 0) is 14.8 Å². The summed E-state index contributed by atoms with van der Waals surface area (Å²) in [5.41, 5.74) is 4.11. The van der Waals surface area contributed by atoms with Gasteiger partial charge in [0.2, 0.25) is 10.0 Å². The Morgan fingerprint density at radius 3 is 2.67 bits per heavy atom. The van der Waals surface area contributed by atoms with E-state index in [1.165, 1.54) is 37.5 Å². The molecule has 0 saturated heterocycles. The van der Waals surface area contributed by atoms with Gasteiger partial charge in [-0.1, -0.05) is 29.8 Å². The Morgan fingerprint density at radius 1 is 1.22 bits per heavy atom. The van der Waals surface area contributed by atoms with Crippen LogP contribution >= 0.6 is 11.6 Å². The third-order valence-corrected chi connectivity index (χ3v) is 5.97. The van der Waals surface area contributed by atoms with Gasteiger partial charge in [0.1, 0.15) is 0 Å². The lowest BCUT2D eigenvalue weighted by molar-refractivity contribution is -0.121. The number of H-pyrrole nitrogens is 1. The predicted octanol–water partition coefficient (Wildman–Crippen LogP) is 2.59. The van der Waals surface area contributed by atoms with Gasteiger partial charge in [-0.2, -0.15) is 9.41 Å². The van der Waals surface area contributed by atoms with Crippen LogP contribution in [0, 0.1) is 0 Å². The first-order valence-electron chi connectivity index (χ1n) is 7.98. The quantitative estimate of drug-likeness (QED) is 0.488. The number of likely N-dealkylation sites (N-methyl/N-ethyl adjacent to an activating group) is 1. The third kappa shape index (κ3) is 4.36. The number of para-hydroxylation sites is 1. The number of halogens is 1. The molecule has 27 heavy (non-hydrogen) atoms. The molecule has 0 unspecified atom stereocenters. The van der Waals surface area contributed by atoms with Gasteiger partial charge in [-0.25, -0.2) is 13.8 Å². The summed E-state index contributed by atoms with van der Waals surface area (Å²) < 4.78 is 25.8. The highest BCUT2D eigenvalue weighted by Crippen LogP contribution is 2.17. The second kappa shape index (κ2) is 7.91. The Bertz CT molecular complexity index is 1090. The highest BCUT2D eigenvalue weighted by atomic mass is 35.5. The van der Waals surface area contributed by atoms with E-state index in [-0.39, 0.29) is 11.4 Å². The number of hydrogen-bond acceptors (Lipinski definition) is 4. The normalized spacial score (nSPS) is 12.1. The molecular weight excluding hydrogens is 388 g/mol. The van der Waals surface area contributed by atoms with E-state index in [0.717, 1.165) is 20.8 Å². The first-order chi connectivity index (χ1) is 12.9. The van der Waals surface area contributed by atoms with E-state index in [9.17, 15) is 13.2 Å². The topological polar surface area (TPSA) is 94.6 Å². The molecule has 0 saturated carbocycles. The fourth-order valence-electron chi connectivity index (χ4n) is 2.48. The Balaban J connectivity index is 1.62. The smallest absolute Gasteiger partial charge is 0.255 e. The van der Waals surface area contributed by atoms with E-state index >= 15 is 0 Å². The molecule has 0 aliphatic heterocycles. The van der Waals surface area contributed by atoms with Crippen molar-refractivity contribution in [3.8, 4) is 0 Å². The first kappa shape index (κ1) is 19.1. The molecule has 3 aromatic rings. The van der Waals surface area contributed by atoms with Crippen LogP contribution in [0.15, 0.2) is 64.7 Å². The van der Waals surface area contributed by atoms with Crippen LogP contribution in [0.1, 0.15) is 5.56 Å². The first-order valence-corrected chi connectivity index (χ1v) is 9.79. The molecule has 2 N–H and O–H groups in total. The van der Waals surface area contributed by atoms with Crippen LogP contribution in [0.2, 0.25) is 5.02 Å². The number of nitrogens with zero attached hydrogens (tertiary/aromatic N) is 2. The van der Waals surface area contributed by atoms with Crippen LogP contribution in [-0.4, -0.2) is 43.4 Å². The summed E-state index contributed by atoms with van der Waals surface area (Å²) in [6.07, 6.45) is 3.28. The summed E-state index contributed by atoms with van der Waals surface area (Å²) in [6.45, 7) is -0.365. The standard InChI is InChI=1S/C18H17ClN4O3S/c1-23(27(25,26)15-8-6-14(19)7-9-15)12-18(24)22-21-11-13-10-20-17-5-3-2-4-16(13)17/h2-11,20H,12H2,1H3,(H,22,24)/b21-11+. The number of rotatable bonds is 6. The van der Waals surface area contributed by atoms with E-state index in [0.29, 0.717) is 5.02 Å². The number of carbonyl (C=O) groups excluding carboxylic acids is 1. The number of fused-ring (bicyclic) bond motifs is 1. The average molecular weight is 405 g/mol. The monoisotopic (exact) mass is 404 g/mol. The third-order valence-electron chi connectivity index (χ3n) is 3.90. The van der Waals surface area contributed by atoms with E-state index < -0.39 is 15.9 Å². The molecule has 2 aromatic carbocycles. The highest BCUT2D eigenvalue weighted by molar-refractivity contribution is 7.89. The fourth-order valence-corrected chi connectivity index (χ4v) is 3.74. The predicted molar refractivity (Wildman–Crippen MR) is 105 cm³/mol. The number of aromatic nitrogens is 1. The lowest BCUT2D eigenvalue weighted by Crippen LogP contribution is -2.36. The van der Waals surface area contributed by atoms with Gasteiger partial charge in [0, 0.05) is 34.7 Å². The minimum atomic E-state index is -3.79. The molecule has 0 fully saturated rings. The van der Waals surface area contributed by atoms with Crippen molar-refractivity contribution in [2.45, 2.75) is 4.90 Å². The maximum absolute atomic E-state index is 12.4. The van der Waals surface area contributed by atoms with E-state index in [1.54, 1.807) is 6.20 Å². The second-order valence-electron chi connectivity index (χ2n) is 5.80. The van der Waals surface area contributed by atoms with Gasteiger partial charge in [0.25, 0.3) is 5.91 Å². The average Bonchev–Trinajstić information content (AvgIpc) is 3.05. The molecule has 1 amide bonds. The lowest BCUT2D eigenvalue weighted by Gasteiger charge is -2.16. The van der Waals surface area contributed by atoms with E-state index in [4.69, 9.17) is 11.6 Å². The molecule has 0 aliphatic rings. The minimum Gasteiger partial charge on any atom is -0.361 e. The van der Waals surface area contributed by atoms with E-state index in [2.05, 4.69) is 15.5 Å². The summed E-state index contributed by atoms with van der Waals surface area (Å²) in [6, 6.07) is 13.4. The molecule has 1 aromatic heterocycles. The number of amides is 1. The Labute approximate surface area is 161 Å². The summed E-state index contributed by atoms with van der Waals surface area (Å²) in [5.74, 6) is -0.550. The van der Waals surface area contributed by atoms with Crippen molar-refractivity contribution in [3.05, 3.63) is 65.3 Å². The molecule has 7 nitrogen and oxygen atoms in total. The SMILES string of the molecule is CN(CC(=O)N/N=C/c1c[nH]c2ccccc12)S(=O)(=O)c1ccc(Cl)cc1. The van der Waals surface area contributed by atoms with Crippen molar-refractivity contribution in [2.75, 3.05) is 13.6 Å². The van der Waals surface area contributed by atoms with Gasteiger partial charge < -0.3 is 4.98 Å². The van der Waals surface area contributed by atoms with Gasteiger partial charge >= 0.3 is 0 Å². The summed E-state index contributed by atoms with van der Waals surface area (Å²) >= 11 is 5.77. The molecule has 0 bridgehead atoms.